The molecular weight excluding hydrogens is 288 g/mol. The van der Waals surface area contributed by atoms with Crippen LogP contribution in [0.25, 0.3) is 0 Å². The van der Waals surface area contributed by atoms with Gasteiger partial charge < -0.3 is 5.32 Å². The molecule has 1 amide bonds. The Balaban J connectivity index is 2.43. The zero-order valence-corrected chi connectivity index (χ0v) is 13.5. The Labute approximate surface area is 127 Å². The Morgan fingerprint density at radius 1 is 1.10 bits per heavy atom. The second kappa shape index (κ2) is 8.79. The van der Waals surface area contributed by atoms with Crippen molar-refractivity contribution in [2.24, 2.45) is 0 Å². The van der Waals surface area contributed by atoms with Crippen LogP contribution >= 0.6 is 0 Å². The van der Waals surface area contributed by atoms with E-state index in [1.165, 1.54) is 7.05 Å². The van der Waals surface area contributed by atoms with E-state index in [0.29, 0.717) is 13.0 Å². The zero-order chi connectivity index (χ0) is 15.7. The molecule has 0 unspecified atom stereocenters. The van der Waals surface area contributed by atoms with Crippen molar-refractivity contribution >= 4 is 15.9 Å². The van der Waals surface area contributed by atoms with Gasteiger partial charge in [-0.1, -0.05) is 44.0 Å². The number of nitrogens with one attached hydrogen (secondary N) is 2. The molecule has 0 atom stereocenters. The molecule has 5 nitrogen and oxygen atoms in total. The van der Waals surface area contributed by atoms with Gasteiger partial charge in [0.05, 0.1) is 5.75 Å². The van der Waals surface area contributed by atoms with Gasteiger partial charge in [-0.2, -0.15) is 0 Å². The number of sulfonamides is 1. The average Bonchev–Trinajstić information content (AvgIpc) is 2.46. The number of benzene rings is 1. The molecule has 1 rings (SSSR count). The van der Waals surface area contributed by atoms with Gasteiger partial charge in [-0.25, -0.2) is 13.1 Å². The number of unbranched alkanes of at least 4 members (excludes halogenated alkanes) is 2. The van der Waals surface area contributed by atoms with Gasteiger partial charge in [0.15, 0.2) is 0 Å². The Kier molecular flexibility index (Phi) is 7.39. The van der Waals surface area contributed by atoms with Crippen LogP contribution in [-0.2, 0) is 27.1 Å². The third-order valence-corrected chi connectivity index (χ3v) is 4.52. The Morgan fingerprint density at radius 2 is 1.71 bits per heavy atom. The molecule has 0 bridgehead atoms. The number of carbonyl (C=O) groups excluding carboxylic acids is 1. The van der Waals surface area contributed by atoms with Crippen molar-refractivity contribution in [3.63, 3.8) is 0 Å². The molecule has 0 aliphatic carbocycles. The molecule has 0 fully saturated rings. The smallest absolute Gasteiger partial charge is 0.220 e. The summed E-state index contributed by atoms with van der Waals surface area (Å²) in [5, 5.41) is 2.87. The highest BCUT2D eigenvalue weighted by Crippen LogP contribution is 2.08. The summed E-state index contributed by atoms with van der Waals surface area (Å²) >= 11 is 0. The summed E-state index contributed by atoms with van der Waals surface area (Å²) in [6.07, 6.45) is 3.65. The standard InChI is InChI=1S/C15H24N2O3S/c1-3-4-5-6-15(18)17-11-13-7-9-14(10-8-13)12-21(19,20)16-2/h7-10,16H,3-6,11-12H2,1-2H3,(H,17,18). The minimum absolute atomic E-state index is 0.0346. The molecule has 0 aliphatic rings. The molecular formula is C15H24N2O3S. The third-order valence-electron chi connectivity index (χ3n) is 3.19. The lowest BCUT2D eigenvalue weighted by Crippen LogP contribution is -2.22. The van der Waals surface area contributed by atoms with Crippen molar-refractivity contribution in [2.75, 3.05) is 7.05 Å². The number of hydrogen-bond acceptors (Lipinski definition) is 3. The maximum absolute atomic E-state index is 11.6. The maximum atomic E-state index is 11.6. The van der Waals surface area contributed by atoms with Crippen LogP contribution in [0.3, 0.4) is 0 Å². The van der Waals surface area contributed by atoms with Gasteiger partial charge in [-0.3, -0.25) is 4.79 Å². The first-order valence-electron chi connectivity index (χ1n) is 7.22. The van der Waals surface area contributed by atoms with Crippen molar-refractivity contribution in [1.82, 2.24) is 10.0 Å². The minimum Gasteiger partial charge on any atom is -0.352 e. The third kappa shape index (κ3) is 7.24. The van der Waals surface area contributed by atoms with Gasteiger partial charge in [0.1, 0.15) is 0 Å². The van der Waals surface area contributed by atoms with Crippen LogP contribution in [0.4, 0.5) is 0 Å². The molecule has 1 aromatic carbocycles. The van der Waals surface area contributed by atoms with Gasteiger partial charge in [-0.05, 0) is 24.6 Å². The van der Waals surface area contributed by atoms with E-state index in [-0.39, 0.29) is 11.7 Å². The molecule has 0 aliphatic heterocycles. The first-order chi connectivity index (χ1) is 9.96. The minimum atomic E-state index is -3.24. The molecule has 0 aromatic heterocycles. The summed E-state index contributed by atoms with van der Waals surface area (Å²) in [6.45, 7) is 2.58. The second-order valence-electron chi connectivity index (χ2n) is 5.01. The normalized spacial score (nSPS) is 11.3. The predicted molar refractivity (Wildman–Crippen MR) is 84.1 cm³/mol. The van der Waals surface area contributed by atoms with E-state index < -0.39 is 10.0 Å². The first kappa shape index (κ1) is 17.7. The fraction of sp³-hybridized carbons (Fsp3) is 0.533. The van der Waals surface area contributed by atoms with E-state index >= 15 is 0 Å². The quantitative estimate of drug-likeness (QED) is 0.684. The van der Waals surface area contributed by atoms with E-state index in [0.717, 1.165) is 30.4 Å². The van der Waals surface area contributed by atoms with Crippen molar-refractivity contribution in [2.45, 2.75) is 44.9 Å². The van der Waals surface area contributed by atoms with Crippen molar-refractivity contribution in [1.29, 1.82) is 0 Å². The summed E-state index contributed by atoms with van der Waals surface area (Å²) < 4.78 is 25.1. The summed E-state index contributed by atoms with van der Waals surface area (Å²) in [4.78, 5) is 11.6. The van der Waals surface area contributed by atoms with Gasteiger partial charge in [0.2, 0.25) is 15.9 Å². The summed E-state index contributed by atoms with van der Waals surface area (Å²) in [6, 6.07) is 7.22. The highest BCUT2D eigenvalue weighted by Gasteiger charge is 2.08. The number of hydrogen-bond donors (Lipinski definition) is 2. The largest absolute Gasteiger partial charge is 0.352 e. The summed E-state index contributed by atoms with van der Waals surface area (Å²) in [5.41, 5.74) is 1.69. The zero-order valence-electron chi connectivity index (χ0n) is 12.7. The second-order valence-corrected chi connectivity index (χ2v) is 6.94. The van der Waals surface area contributed by atoms with E-state index in [2.05, 4.69) is 17.0 Å². The maximum Gasteiger partial charge on any atom is 0.220 e. The SMILES string of the molecule is CCCCCC(=O)NCc1ccc(CS(=O)(=O)NC)cc1. The van der Waals surface area contributed by atoms with Gasteiger partial charge in [0.25, 0.3) is 0 Å². The van der Waals surface area contributed by atoms with Crippen LogP contribution in [-0.4, -0.2) is 21.4 Å². The highest BCUT2D eigenvalue weighted by atomic mass is 32.2. The number of rotatable bonds is 9. The average molecular weight is 312 g/mol. The molecule has 0 spiro atoms. The van der Waals surface area contributed by atoms with Crippen molar-refractivity contribution in [3.8, 4) is 0 Å². The summed E-state index contributed by atoms with van der Waals surface area (Å²) in [7, 11) is -1.84. The molecule has 0 saturated heterocycles. The van der Waals surface area contributed by atoms with Crippen LogP contribution < -0.4 is 10.0 Å². The van der Waals surface area contributed by atoms with Crippen LogP contribution in [0.1, 0.15) is 43.7 Å². The summed E-state index contributed by atoms with van der Waals surface area (Å²) in [5.74, 6) is 0.0259. The molecule has 0 heterocycles. The lowest BCUT2D eigenvalue weighted by Gasteiger charge is -2.07. The lowest BCUT2D eigenvalue weighted by molar-refractivity contribution is -0.121. The Bertz CT molecular complexity index is 539. The molecule has 2 N–H and O–H groups in total. The molecule has 0 saturated carbocycles. The Morgan fingerprint density at radius 3 is 2.29 bits per heavy atom. The Hall–Kier alpha value is -1.40. The van der Waals surface area contributed by atoms with Gasteiger partial charge in [-0.15, -0.1) is 0 Å². The van der Waals surface area contributed by atoms with E-state index in [4.69, 9.17) is 0 Å². The monoisotopic (exact) mass is 312 g/mol. The van der Waals surface area contributed by atoms with Crippen molar-refractivity contribution in [3.05, 3.63) is 35.4 Å². The fourth-order valence-electron chi connectivity index (χ4n) is 1.87. The number of carbonyl (C=O) groups is 1. The molecule has 21 heavy (non-hydrogen) atoms. The molecule has 0 radical (unpaired) electrons. The predicted octanol–water partition coefficient (Wildman–Crippen LogP) is 1.93. The fourth-order valence-corrected chi connectivity index (χ4v) is 2.65. The first-order valence-corrected chi connectivity index (χ1v) is 8.88. The van der Waals surface area contributed by atoms with Crippen molar-refractivity contribution < 1.29 is 13.2 Å². The molecule has 118 valence electrons. The van der Waals surface area contributed by atoms with Crippen LogP contribution in [0.2, 0.25) is 0 Å². The van der Waals surface area contributed by atoms with Crippen LogP contribution in [0, 0.1) is 0 Å². The van der Waals surface area contributed by atoms with Crippen LogP contribution in [0.15, 0.2) is 24.3 Å². The lowest BCUT2D eigenvalue weighted by atomic mass is 10.1. The van der Waals surface area contributed by atoms with Gasteiger partial charge >= 0.3 is 0 Å². The van der Waals surface area contributed by atoms with E-state index in [1.807, 2.05) is 12.1 Å². The van der Waals surface area contributed by atoms with E-state index in [9.17, 15) is 13.2 Å². The topological polar surface area (TPSA) is 75.3 Å². The molecule has 1 aromatic rings. The highest BCUT2D eigenvalue weighted by molar-refractivity contribution is 7.88. The van der Waals surface area contributed by atoms with E-state index in [1.54, 1.807) is 12.1 Å². The van der Waals surface area contributed by atoms with Crippen LogP contribution in [0.5, 0.6) is 0 Å². The molecule has 6 heteroatoms. The van der Waals surface area contributed by atoms with Gasteiger partial charge in [0, 0.05) is 13.0 Å². The number of amides is 1.